The zero-order valence-electron chi connectivity index (χ0n) is 17.2. The first-order valence-electron chi connectivity index (χ1n) is 10.2. The minimum Gasteiger partial charge on any atom is -0.322 e. The van der Waals surface area contributed by atoms with Crippen LogP contribution in [0.5, 0.6) is 0 Å². The van der Waals surface area contributed by atoms with Gasteiger partial charge < -0.3 is 5.32 Å². The zero-order chi connectivity index (χ0) is 21.8. The van der Waals surface area contributed by atoms with E-state index in [4.69, 9.17) is 4.98 Å². The van der Waals surface area contributed by atoms with E-state index in [0.717, 1.165) is 61.1 Å². The van der Waals surface area contributed by atoms with Crippen molar-refractivity contribution in [3.8, 4) is 10.6 Å². The number of carbonyl (C=O) groups is 1. The molecule has 1 aliphatic heterocycles. The van der Waals surface area contributed by atoms with Gasteiger partial charge in [0.15, 0.2) is 0 Å². The lowest BCUT2D eigenvalue weighted by Gasteiger charge is -2.37. The number of amides is 1. The van der Waals surface area contributed by atoms with Crippen LogP contribution >= 0.6 is 11.3 Å². The van der Waals surface area contributed by atoms with Crippen molar-refractivity contribution >= 4 is 22.9 Å². The van der Waals surface area contributed by atoms with Crippen LogP contribution < -0.4 is 5.32 Å². The third kappa shape index (κ3) is 5.33. The van der Waals surface area contributed by atoms with Gasteiger partial charge in [-0.1, -0.05) is 30.3 Å². The van der Waals surface area contributed by atoms with Crippen LogP contribution in [-0.4, -0.2) is 52.9 Å². The predicted molar refractivity (Wildman–Crippen MR) is 119 cm³/mol. The lowest BCUT2D eigenvalue weighted by molar-refractivity contribution is -0.121. The summed E-state index contributed by atoms with van der Waals surface area (Å²) >= 11 is 1.65. The lowest BCUT2D eigenvalue weighted by atomic mass is 10.2. The van der Waals surface area contributed by atoms with E-state index in [1.165, 1.54) is 6.07 Å². The molecule has 3 aromatic rings. The highest BCUT2D eigenvalue weighted by Gasteiger charge is 2.26. The quantitative estimate of drug-likeness (QED) is 0.621. The van der Waals surface area contributed by atoms with Gasteiger partial charge in [-0.05, 0) is 19.1 Å². The molecule has 1 amide bonds. The Balaban J connectivity index is 1.28. The van der Waals surface area contributed by atoms with Crippen molar-refractivity contribution < 1.29 is 13.6 Å². The second-order valence-electron chi connectivity index (χ2n) is 7.61. The van der Waals surface area contributed by atoms with E-state index >= 15 is 0 Å². The summed E-state index contributed by atoms with van der Waals surface area (Å²) in [5.41, 5.74) is 2.17. The number of benzene rings is 2. The number of halogens is 2. The molecule has 1 aromatic heterocycles. The van der Waals surface area contributed by atoms with Crippen molar-refractivity contribution in [2.24, 2.45) is 0 Å². The van der Waals surface area contributed by atoms with Gasteiger partial charge in [0.25, 0.3) is 0 Å². The molecule has 2 aromatic carbocycles. The van der Waals surface area contributed by atoms with E-state index in [2.05, 4.69) is 32.6 Å². The molecular weight excluding hydrogens is 418 g/mol. The van der Waals surface area contributed by atoms with Crippen LogP contribution in [0, 0.1) is 11.6 Å². The Labute approximate surface area is 184 Å². The maximum atomic E-state index is 13.8. The summed E-state index contributed by atoms with van der Waals surface area (Å²) in [5.74, 6) is -1.75. The number of anilines is 1. The number of hydrogen-bond donors (Lipinski definition) is 1. The van der Waals surface area contributed by atoms with Gasteiger partial charge in [-0.25, -0.2) is 13.8 Å². The molecule has 0 aliphatic carbocycles. The minimum absolute atomic E-state index is 0.00496. The molecule has 1 unspecified atom stereocenters. The van der Waals surface area contributed by atoms with Gasteiger partial charge in [0, 0.05) is 49.7 Å². The molecule has 1 saturated heterocycles. The van der Waals surface area contributed by atoms with Crippen molar-refractivity contribution in [2.75, 3.05) is 31.5 Å². The zero-order valence-corrected chi connectivity index (χ0v) is 18.0. The monoisotopic (exact) mass is 442 g/mol. The highest BCUT2D eigenvalue weighted by molar-refractivity contribution is 7.13. The number of aromatic nitrogens is 1. The number of piperazine rings is 1. The third-order valence-electron chi connectivity index (χ3n) is 5.48. The minimum atomic E-state index is -0.775. The largest absolute Gasteiger partial charge is 0.322 e. The van der Waals surface area contributed by atoms with Gasteiger partial charge in [0.1, 0.15) is 16.6 Å². The number of rotatable bonds is 6. The maximum Gasteiger partial charge on any atom is 0.241 e. The SMILES string of the molecule is CC(C(=O)Nc1ccc(F)cc1F)N1CCN(Cc2csc(-c3ccccc3)n2)CC1. The second kappa shape index (κ2) is 9.64. The van der Waals surface area contributed by atoms with Gasteiger partial charge in [-0.15, -0.1) is 11.3 Å². The number of nitrogens with zero attached hydrogens (tertiary/aromatic N) is 3. The Kier molecular flexibility index (Phi) is 6.70. The van der Waals surface area contributed by atoms with Crippen LogP contribution in [0.1, 0.15) is 12.6 Å². The van der Waals surface area contributed by atoms with E-state index in [9.17, 15) is 13.6 Å². The number of thiazole rings is 1. The average Bonchev–Trinajstić information content (AvgIpc) is 3.25. The standard InChI is InChI=1S/C23H24F2N4OS/c1-16(22(30)27-21-8-7-18(24)13-20(21)25)29-11-9-28(10-12-29)14-19-15-31-23(26-19)17-5-3-2-4-6-17/h2-8,13,15-16H,9-12,14H2,1H3,(H,27,30). The fourth-order valence-corrected chi connectivity index (χ4v) is 4.44. The summed E-state index contributed by atoms with van der Waals surface area (Å²) < 4.78 is 26.9. The Hall–Kier alpha value is -2.68. The Morgan fingerprint density at radius 3 is 2.58 bits per heavy atom. The summed E-state index contributed by atoms with van der Waals surface area (Å²) in [6, 6.07) is 12.9. The van der Waals surface area contributed by atoms with Gasteiger partial charge in [0.2, 0.25) is 5.91 Å². The van der Waals surface area contributed by atoms with Crippen LogP contribution in [0.3, 0.4) is 0 Å². The molecular formula is C23H24F2N4OS. The highest BCUT2D eigenvalue weighted by Crippen LogP contribution is 2.24. The summed E-state index contributed by atoms with van der Waals surface area (Å²) in [6.07, 6.45) is 0. The van der Waals surface area contributed by atoms with Gasteiger partial charge >= 0.3 is 0 Å². The Bertz CT molecular complexity index is 1040. The molecule has 162 valence electrons. The lowest BCUT2D eigenvalue weighted by Crippen LogP contribution is -2.52. The first-order valence-corrected chi connectivity index (χ1v) is 11.1. The first-order chi connectivity index (χ1) is 15.0. The van der Waals surface area contributed by atoms with E-state index in [-0.39, 0.29) is 11.6 Å². The number of hydrogen-bond acceptors (Lipinski definition) is 5. The smallest absolute Gasteiger partial charge is 0.241 e. The van der Waals surface area contributed by atoms with Crippen LogP contribution in [0.4, 0.5) is 14.5 Å². The van der Waals surface area contributed by atoms with Crippen LogP contribution in [-0.2, 0) is 11.3 Å². The summed E-state index contributed by atoms with van der Waals surface area (Å²) in [6.45, 7) is 5.69. The molecule has 1 fully saturated rings. The molecule has 1 N–H and O–H groups in total. The maximum absolute atomic E-state index is 13.8. The highest BCUT2D eigenvalue weighted by atomic mass is 32.1. The van der Waals surface area contributed by atoms with E-state index in [1.54, 1.807) is 18.3 Å². The molecule has 31 heavy (non-hydrogen) atoms. The van der Waals surface area contributed by atoms with Crippen molar-refractivity contribution in [3.63, 3.8) is 0 Å². The van der Waals surface area contributed by atoms with E-state index in [1.807, 2.05) is 18.2 Å². The molecule has 0 saturated carbocycles. The number of carbonyl (C=O) groups excluding carboxylic acids is 1. The van der Waals surface area contributed by atoms with Gasteiger partial charge in [-0.3, -0.25) is 14.6 Å². The fraction of sp³-hybridized carbons (Fsp3) is 0.304. The molecule has 1 aliphatic rings. The van der Waals surface area contributed by atoms with Crippen LogP contribution in [0.2, 0.25) is 0 Å². The molecule has 1 atom stereocenters. The van der Waals surface area contributed by atoms with E-state index in [0.29, 0.717) is 0 Å². The predicted octanol–water partition coefficient (Wildman–Crippen LogP) is 4.23. The van der Waals surface area contributed by atoms with Crippen LogP contribution in [0.25, 0.3) is 10.6 Å². The van der Waals surface area contributed by atoms with Crippen molar-refractivity contribution in [1.29, 1.82) is 0 Å². The second-order valence-corrected chi connectivity index (χ2v) is 8.47. The molecule has 4 rings (SSSR count). The van der Waals surface area contributed by atoms with Crippen molar-refractivity contribution in [3.05, 3.63) is 71.2 Å². The normalized spacial score (nSPS) is 16.2. The Morgan fingerprint density at radius 1 is 1.13 bits per heavy atom. The Morgan fingerprint density at radius 2 is 1.87 bits per heavy atom. The summed E-state index contributed by atoms with van der Waals surface area (Å²) in [7, 11) is 0. The van der Waals surface area contributed by atoms with Crippen LogP contribution in [0.15, 0.2) is 53.9 Å². The fourth-order valence-electron chi connectivity index (χ4n) is 3.62. The molecule has 5 nitrogen and oxygen atoms in total. The van der Waals surface area contributed by atoms with E-state index < -0.39 is 17.7 Å². The molecule has 0 spiro atoms. The molecule has 0 radical (unpaired) electrons. The van der Waals surface area contributed by atoms with Gasteiger partial charge in [-0.2, -0.15) is 0 Å². The first kappa shape index (κ1) is 21.5. The van der Waals surface area contributed by atoms with Gasteiger partial charge in [0.05, 0.1) is 17.4 Å². The van der Waals surface area contributed by atoms with Crippen molar-refractivity contribution in [2.45, 2.75) is 19.5 Å². The topological polar surface area (TPSA) is 48.5 Å². The molecule has 2 heterocycles. The number of nitrogens with one attached hydrogen (secondary N) is 1. The molecule has 8 heteroatoms. The average molecular weight is 443 g/mol. The summed E-state index contributed by atoms with van der Waals surface area (Å²) in [4.78, 5) is 21.7. The summed E-state index contributed by atoms with van der Waals surface area (Å²) in [5, 5.41) is 5.68. The molecule has 0 bridgehead atoms. The third-order valence-corrected chi connectivity index (χ3v) is 6.42. The van der Waals surface area contributed by atoms with Crippen molar-refractivity contribution in [1.82, 2.24) is 14.8 Å².